The summed E-state index contributed by atoms with van der Waals surface area (Å²) in [6, 6.07) is 29.8. The van der Waals surface area contributed by atoms with Crippen molar-refractivity contribution in [3.63, 3.8) is 0 Å². The second-order valence-electron chi connectivity index (χ2n) is 8.90. The van der Waals surface area contributed by atoms with Gasteiger partial charge in [0, 0.05) is 31.9 Å². The highest BCUT2D eigenvalue weighted by Gasteiger charge is 2.20. The van der Waals surface area contributed by atoms with Gasteiger partial charge in [-0.3, -0.25) is 14.4 Å². The summed E-state index contributed by atoms with van der Waals surface area (Å²) in [4.78, 5) is 40.0. The van der Waals surface area contributed by atoms with E-state index in [4.69, 9.17) is 23.2 Å². The largest absolute Gasteiger partial charge is 0.325 e. The van der Waals surface area contributed by atoms with Crippen LogP contribution in [0.5, 0.6) is 0 Å². The molecule has 0 saturated heterocycles. The van der Waals surface area contributed by atoms with Crippen LogP contribution in [0.25, 0.3) is 6.08 Å². The molecule has 4 rings (SSSR count). The summed E-state index contributed by atoms with van der Waals surface area (Å²) in [5.74, 6) is -1.11. The van der Waals surface area contributed by atoms with E-state index in [1.165, 1.54) is 17.8 Å². The van der Waals surface area contributed by atoms with Gasteiger partial charge in [0.25, 0.3) is 11.8 Å². The van der Waals surface area contributed by atoms with Crippen molar-refractivity contribution >= 4 is 70.1 Å². The second kappa shape index (κ2) is 14.6. The van der Waals surface area contributed by atoms with E-state index in [9.17, 15) is 14.4 Å². The normalized spacial score (nSPS) is 11.8. The van der Waals surface area contributed by atoms with Gasteiger partial charge >= 0.3 is 0 Å². The van der Waals surface area contributed by atoms with Crippen LogP contribution < -0.4 is 16.0 Å². The van der Waals surface area contributed by atoms with E-state index < -0.39 is 11.8 Å². The summed E-state index contributed by atoms with van der Waals surface area (Å²) < 4.78 is 0. The maximum atomic E-state index is 13.4. The minimum atomic E-state index is -0.526. The summed E-state index contributed by atoms with van der Waals surface area (Å²) in [5, 5.41) is 9.07. The third-order valence-electron chi connectivity index (χ3n) is 5.86. The van der Waals surface area contributed by atoms with Crippen LogP contribution >= 0.6 is 35.0 Å². The molecule has 6 nitrogen and oxygen atoms in total. The molecule has 4 aromatic rings. The van der Waals surface area contributed by atoms with Crippen LogP contribution in [0.1, 0.15) is 29.3 Å². The lowest BCUT2D eigenvalue weighted by atomic mass is 10.1. The Morgan fingerprint density at radius 1 is 0.805 bits per heavy atom. The number of carbonyl (C=O) groups excluding carboxylic acids is 3. The average molecular weight is 605 g/mol. The van der Waals surface area contributed by atoms with E-state index in [1.54, 1.807) is 97.1 Å². The van der Waals surface area contributed by atoms with Gasteiger partial charge in [0.15, 0.2) is 0 Å². The van der Waals surface area contributed by atoms with Crippen molar-refractivity contribution < 1.29 is 14.4 Å². The van der Waals surface area contributed by atoms with Gasteiger partial charge in [0.2, 0.25) is 5.91 Å². The number of carbonyl (C=O) groups is 3. The van der Waals surface area contributed by atoms with E-state index in [0.717, 1.165) is 4.90 Å². The summed E-state index contributed by atoms with van der Waals surface area (Å²) in [5.41, 5.74) is 2.14. The Morgan fingerprint density at radius 3 is 2.20 bits per heavy atom. The number of hydrogen-bond donors (Lipinski definition) is 3. The topological polar surface area (TPSA) is 87.3 Å². The summed E-state index contributed by atoms with van der Waals surface area (Å²) in [6.45, 7) is 1.93. The fourth-order valence-electron chi connectivity index (χ4n) is 3.81. The number of anilines is 2. The fraction of sp³-hybridized carbons (Fsp3) is 0.0938. The van der Waals surface area contributed by atoms with Crippen molar-refractivity contribution in [2.24, 2.45) is 0 Å². The summed E-state index contributed by atoms with van der Waals surface area (Å²) in [6.07, 6.45) is 2.12. The number of thioether (sulfide) groups is 1. The van der Waals surface area contributed by atoms with Crippen LogP contribution in [0.3, 0.4) is 0 Å². The highest BCUT2D eigenvalue weighted by molar-refractivity contribution is 8.00. The number of hydrogen-bond acceptors (Lipinski definition) is 4. The maximum Gasteiger partial charge on any atom is 0.272 e. The Morgan fingerprint density at radius 2 is 1.49 bits per heavy atom. The van der Waals surface area contributed by atoms with Gasteiger partial charge in [-0.05, 0) is 72.7 Å². The Balaban J connectivity index is 1.51. The first kappa shape index (κ1) is 29.9. The van der Waals surface area contributed by atoms with Gasteiger partial charge in [-0.15, -0.1) is 11.8 Å². The average Bonchev–Trinajstić information content (AvgIpc) is 2.97. The number of halogens is 2. The lowest BCUT2D eigenvalue weighted by molar-refractivity contribution is -0.116. The molecule has 0 aliphatic rings. The first-order valence-corrected chi connectivity index (χ1v) is 14.4. The quantitative estimate of drug-likeness (QED) is 0.127. The lowest BCUT2D eigenvalue weighted by Crippen LogP contribution is -2.30. The van der Waals surface area contributed by atoms with Crippen molar-refractivity contribution in [3.05, 3.63) is 130 Å². The molecule has 0 fully saturated rings. The maximum absolute atomic E-state index is 13.4. The molecule has 0 saturated carbocycles. The fourth-order valence-corrected chi connectivity index (χ4v) is 5.21. The molecular formula is C32H27Cl2N3O3S. The molecule has 0 spiro atoms. The molecule has 3 N–H and O–H groups in total. The number of nitrogens with one attached hydrogen (secondary N) is 3. The van der Waals surface area contributed by atoms with Crippen molar-refractivity contribution in [1.82, 2.24) is 5.32 Å². The van der Waals surface area contributed by atoms with Crippen LogP contribution in [-0.2, 0) is 9.59 Å². The third-order valence-corrected chi connectivity index (χ3v) is 7.80. The molecular weight excluding hydrogens is 577 g/mol. The van der Waals surface area contributed by atoms with Gasteiger partial charge in [0.1, 0.15) is 5.70 Å². The van der Waals surface area contributed by atoms with Crippen molar-refractivity contribution in [2.45, 2.75) is 23.5 Å². The van der Waals surface area contributed by atoms with Gasteiger partial charge < -0.3 is 16.0 Å². The molecule has 0 heterocycles. The second-order valence-corrected chi connectivity index (χ2v) is 11.0. The van der Waals surface area contributed by atoms with Gasteiger partial charge in [0.05, 0.1) is 5.25 Å². The zero-order valence-electron chi connectivity index (χ0n) is 22.1. The van der Waals surface area contributed by atoms with Crippen LogP contribution in [0.2, 0.25) is 10.0 Å². The number of rotatable bonds is 10. The zero-order chi connectivity index (χ0) is 29.2. The smallest absolute Gasteiger partial charge is 0.272 e. The van der Waals surface area contributed by atoms with Crippen molar-refractivity contribution in [3.8, 4) is 0 Å². The molecule has 41 heavy (non-hydrogen) atoms. The minimum Gasteiger partial charge on any atom is -0.325 e. The summed E-state index contributed by atoms with van der Waals surface area (Å²) in [7, 11) is 0. The van der Waals surface area contributed by atoms with Crippen LogP contribution in [-0.4, -0.2) is 23.0 Å². The summed E-state index contributed by atoms with van der Waals surface area (Å²) >= 11 is 13.7. The van der Waals surface area contributed by atoms with E-state index in [2.05, 4.69) is 16.0 Å². The Labute approximate surface area is 253 Å². The van der Waals surface area contributed by atoms with E-state index in [-0.39, 0.29) is 16.9 Å². The molecule has 0 aromatic heterocycles. The first-order valence-electron chi connectivity index (χ1n) is 12.8. The van der Waals surface area contributed by atoms with E-state index in [0.29, 0.717) is 39.0 Å². The van der Waals surface area contributed by atoms with E-state index in [1.807, 2.05) is 13.0 Å². The Bertz CT molecular complexity index is 1580. The van der Waals surface area contributed by atoms with Crippen LogP contribution in [0.4, 0.5) is 11.4 Å². The van der Waals surface area contributed by atoms with E-state index >= 15 is 0 Å². The number of benzene rings is 4. The predicted octanol–water partition coefficient (Wildman–Crippen LogP) is 7.91. The highest BCUT2D eigenvalue weighted by atomic mass is 35.5. The molecule has 208 valence electrons. The molecule has 9 heteroatoms. The van der Waals surface area contributed by atoms with Crippen molar-refractivity contribution in [1.29, 1.82) is 0 Å². The molecule has 1 atom stereocenters. The molecule has 0 bridgehead atoms. The predicted molar refractivity (Wildman–Crippen MR) is 168 cm³/mol. The third kappa shape index (κ3) is 8.72. The molecule has 0 radical (unpaired) electrons. The highest BCUT2D eigenvalue weighted by Crippen LogP contribution is 2.29. The standard InChI is InChI=1S/C32H27Cl2N3O3S/c1-2-29(32(40)36-24-14-8-13-23(33)19-24)41-26-16-9-15-25(20-26)35-31(39)28(18-22-12-6-7-17-27(22)34)37-30(38)21-10-4-3-5-11-21/h3-20,29H,2H2,1H3,(H,35,39)(H,36,40)(H,37,38)/b28-18+. The van der Waals surface area contributed by atoms with Crippen LogP contribution in [0.15, 0.2) is 114 Å². The van der Waals surface area contributed by atoms with Crippen molar-refractivity contribution in [2.75, 3.05) is 10.6 Å². The molecule has 0 aliphatic carbocycles. The first-order chi connectivity index (χ1) is 19.8. The Hall–Kier alpha value is -4.04. The van der Waals surface area contributed by atoms with Gasteiger partial charge in [-0.25, -0.2) is 0 Å². The SMILES string of the molecule is CCC(Sc1cccc(NC(=O)/C(=C\c2ccccc2Cl)NC(=O)c2ccccc2)c1)C(=O)Nc1cccc(Cl)c1. The Kier molecular flexibility index (Phi) is 10.6. The van der Waals surface area contributed by atoms with Crippen LogP contribution in [0, 0.1) is 0 Å². The minimum absolute atomic E-state index is 0.0253. The molecule has 0 aliphatic heterocycles. The molecule has 3 amide bonds. The zero-order valence-corrected chi connectivity index (χ0v) is 24.4. The molecule has 1 unspecified atom stereocenters. The van der Waals surface area contributed by atoms with Gasteiger partial charge in [-0.1, -0.05) is 78.7 Å². The number of amides is 3. The molecule has 4 aromatic carbocycles. The monoisotopic (exact) mass is 603 g/mol. The lowest BCUT2D eigenvalue weighted by Gasteiger charge is -2.16. The van der Waals surface area contributed by atoms with Gasteiger partial charge in [-0.2, -0.15) is 0 Å².